The lowest BCUT2D eigenvalue weighted by atomic mass is 10.2. The summed E-state index contributed by atoms with van der Waals surface area (Å²) in [6.07, 6.45) is 2.87. The van der Waals surface area contributed by atoms with Crippen LogP contribution in [0.2, 0.25) is 0 Å². The molecule has 23 heavy (non-hydrogen) atoms. The highest BCUT2D eigenvalue weighted by Gasteiger charge is 2.05. The van der Waals surface area contributed by atoms with Gasteiger partial charge in [0.05, 0.1) is 6.20 Å². The van der Waals surface area contributed by atoms with E-state index in [4.69, 9.17) is 0 Å². The maximum Gasteiger partial charge on any atom is 0.315 e. The van der Waals surface area contributed by atoms with Gasteiger partial charge in [-0.05, 0) is 31.0 Å². The van der Waals surface area contributed by atoms with Crippen LogP contribution in [0.1, 0.15) is 30.2 Å². The Hall–Kier alpha value is -2.50. The summed E-state index contributed by atoms with van der Waals surface area (Å²) in [5.41, 5.74) is 4.25. The van der Waals surface area contributed by atoms with E-state index < -0.39 is 0 Å². The summed E-state index contributed by atoms with van der Waals surface area (Å²) in [5, 5.41) is 13.2. The van der Waals surface area contributed by atoms with Crippen molar-refractivity contribution in [2.24, 2.45) is 7.05 Å². The smallest absolute Gasteiger partial charge is 0.315 e. The van der Waals surface area contributed by atoms with E-state index >= 15 is 0 Å². The van der Waals surface area contributed by atoms with E-state index in [1.54, 1.807) is 10.9 Å². The van der Waals surface area contributed by atoms with Crippen molar-refractivity contribution in [1.82, 2.24) is 20.4 Å². The molecule has 2 rings (SSSR count). The van der Waals surface area contributed by atoms with Crippen LogP contribution >= 0.6 is 0 Å². The van der Waals surface area contributed by atoms with Gasteiger partial charge in [-0.3, -0.25) is 4.68 Å². The number of nitrogens with one attached hydrogen (secondary N) is 3. The highest BCUT2D eigenvalue weighted by molar-refractivity contribution is 5.73. The molecule has 3 N–H and O–H groups in total. The summed E-state index contributed by atoms with van der Waals surface area (Å²) in [6, 6.07) is 7.92. The number of aromatic nitrogens is 2. The third kappa shape index (κ3) is 5.02. The molecular weight excluding hydrogens is 290 g/mol. The Morgan fingerprint density at radius 1 is 1.17 bits per heavy atom. The zero-order valence-corrected chi connectivity index (χ0v) is 14.0. The summed E-state index contributed by atoms with van der Waals surface area (Å²) in [6.45, 7) is 6.07. The van der Waals surface area contributed by atoms with Crippen molar-refractivity contribution in [1.29, 1.82) is 0 Å². The molecule has 0 aliphatic rings. The number of carbonyl (C=O) groups is 1. The maximum absolute atomic E-state index is 11.9. The van der Waals surface area contributed by atoms with Crippen LogP contribution < -0.4 is 16.0 Å². The number of carbonyl (C=O) groups excluding carboxylic acids is 1. The van der Waals surface area contributed by atoms with Crippen LogP contribution in [0.4, 0.5) is 10.5 Å². The highest BCUT2D eigenvalue weighted by Crippen LogP contribution is 2.09. The number of nitrogens with zero attached hydrogens (tertiary/aromatic N) is 2. The van der Waals surface area contributed by atoms with Crippen molar-refractivity contribution in [2.45, 2.75) is 33.4 Å². The van der Waals surface area contributed by atoms with Crippen molar-refractivity contribution >= 4 is 11.7 Å². The summed E-state index contributed by atoms with van der Waals surface area (Å²) in [7, 11) is 1.89. The molecule has 2 amide bonds. The molecule has 0 bridgehead atoms. The fraction of sp³-hybridized carbons (Fsp3) is 0.412. The first kappa shape index (κ1) is 16.9. The normalized spacial score (nSPS) is 10.4. The number of benzene rings is 1. The molecule has 1 aromatic carbocycles. The molecule has 0 saturated carbocycles. The van der Waals surface area contributed by atoms with Crippen LogP contribution in [-0.4, -0.2) is 22.4 Å². The Balaban J connectivity index is 1.74. The lowest BCUT2D eigenvalue weighted by Crippen LogP contribution is -2.34. The number of anilines is 1. The lowest BCUT2D eigenvalue weighted by molar-refractivity contribution is 0.240. The minimum atomic E-state index is -0.179. The van der Waals surface area contributed by atoms with Gasteiger partial charge < -0.3 is 16.0 Å². The number of urea groups is 1. The van der Waals surface area contributed by atoms with E-state index in [9.17, 15) is 4.79 Å². The summed E-state index contributed by atoms with van der Waals surface area (Å²) in [5.74, 6) is 0. The van der Waals surface area contributed by atoms with Crippen LogP contribution in [0.25, 0.3) is 0 Å². The zero-order chi connectivity index (χ0) is 16.7. The van der Waals surface area contributed by atoms with Gasteiger partial charge in [0.2, 0.25) is 0 Å². The molecular formula is C17H25N5O. The monoisotopic (exact) mass is 315 g/mol. The largest absolute Gasteiger partial charge is 0.385 e. The molecule has 6 heteroatoms. The van der Waals surface area contributed by atoms with Gasteiger partial charge in [0.25, 0.3) is 0 Å². The topological polar surface area (TPSA) is 71.0 Å². The SMILES string of the molecule is CCCNc1ccc(CNC(=O)NCc2cnn(C)c2C)cc1. The third-order valence-corrected chi connectivity index (χ3v) is 3.76. The molecule has 0 atom stereocenters. The molecule has 0 unspecified atom stereocenters. The second kappa shape index (κ2) is 8.22. The quantitative estimate of drug-likeness (QED) is 0.735. The average Bonchev–Trinajstić information content (AvgIpc) is 2.89. The van der Waals surface area contributed by atoms with E-state index in [0.717, 1.165) is 35.5 Å². The molecule has 0 radical (unpaired) electrons. The molecule has 0 aliphatic carbocycles. The van der Waals surface area contributed by atoms with Gasteiger partial charge in [-0.15, -0.1) is 0 Å². The number of rotatable bonds is 7. The molecule has 1 heterocycles. The molecule has 6 nitrogen and oxygen atoms in total. The van der Waals surface area contributed by atoms with Crippen LogP contribution in [0.5, 0.6) is 0 Å². The van der Waals surface area contributed by atoms with E-state index in [-0.39, 0.29) is 6.03 Å². The van der Waals surface area contributed by atoms with Crippen molar-refractivity contribution in [3.05, 3.63) is 47.3 Å². The number of hydrogen-bond acceptors (Lipinski definition) is 3. The van der Waals surface area contributed by atoms with Gasteiger partial charge in [-0.1, -0.05) is 19.1 Å². The average molecular weight is 315 g/mol. The molecule has 0 spiro atoms. The van der Waals surface area contributed by atoms with Crippen molar-refractivity contribution < 1.29 is 4.79 Å². The summed E-state index contributed by atoms with van der Waals surface area (Å²) >= 11 is 0. The van der Waals surface area contributed by atoms with Crippen molar-refractivity contribution in [2.75, 3.05) is 11.9 Å². The third-order valence-electron chi connectivity index (χ3n) is 3.76. The van der Waals surface area contributed by atoms with Crippen LogP contribution in [0.15, 0.2) is 30.5 Å². The Labute approximate surface area is 137 Å². The van der Waals surface area contributed by atoms with Crippen molar-refractivity contribution in [3.8, 4) is 0 Å². The summed E-state index contributed by atoms with van der Waals surface area (Å²) < 4.78 is 1.79. The Bertz CT molecular complexity index is 633. The Morgan fingerprint density at radius 3 is 2.48 bits per heavy atom. The summed E-state index contributed by atoms with van der Waals surface area (Å²) in [4.78, 5) is 11.9. The molecule has 0 fully saturated rings. The Kier molecular flexibility index (Phi) is 6.02. The molecule has 0 saturated heterocycles. The zero-order valence-electron chi connectivity index (χ0n) is 14.0. The van der Waals surface area contributed by atoms with Gasteiger partial charge >= 0.3 is 6.03 Å². The van der Waals surface area contributed by atoms with Gasteiger partial charge in [0, 0.05) is 43.6 Å². The van der Waals surface area contributed by atoms with Gasteiger partial charge in [-0.2, -0.15) is 5.10 Å². The van der Waals surface area contributed by atoms with Crippen LogP contribution in [-0.2, 0) is 20.1 Å². The van der Waals surface area contributed by atoms with E-state index in [0.29, 0.717) is 13.1 Å². The number of aryl methyl sites for hydroxylation is 1. The fourth-order valence-corrected chi connectivity index (χ4v) is 2.15. The fourth-order valence-electron chi connectivity index (χ4n) is 2.15. The van der Waals surface area contributed by atoms with E-state index in [1.807, 2.05) is 38.2 Å². The predicted octanol–water partition coefficient (Wildman–Crippen LogP) is 2.55. The van der Waals surface area contributed by atoms with Crippen LogP contribution in [0.3, 0.4) is 0 Å². The Morgan fingerprint density at radius 2 is 1.87 bits per heavy atom. The maximum atomic E-state index is 11.9. The van der Waals surface area contributed by atoms with Crippen LogP contribution in [0, 0.1) is 6.92 Å². The second-order valence-corrected chi connectivity index (χ2v) is 5.54. The van der Waals surface area contributed by atoms with Gasteiger partial charge in [0.1, 0.15) is 0 Å². The standard InChI is InChI=1S/C17H25N5O/c1-4-9-18-16-7-5-14(6-8-16)10-19-17(23)20-11-15-12-21-22(3)13(15)2/h5-8,12,18H,4,9-11H2,1-3H3,(H2,19,20,23). The lowest BCUT2D eigenvalue weighted by Gasteiger charge is -2.09. The van der Waals surface area contributed by atoms with Gasteiger partial charge in [0.15, 0.2) is 0 Å². The minimum absolute atomic E-state index is 0.179. The molecule has 0 aliphatic heterocycles. The highest BCUT2D eigenvalue weighted by atomic mass is 16.2. The molecule has 124 valence electrons. The second-order valence-electron chi connectivity index (χ2n) is 5.54. The predicted molar refractivity (Wildman–Crippen MR) is 92.2 cm³/mol. The first-order chi connectivity index (χ1) is 11.1. The molecule has 1 aromatic heterocycles. The van der Waals surface area contributed by atoms with E-state index in [1.165, 1.54) is 0 Å². The van der Waals surface area contributed by atoms with Crippen molar-refractivity contribution in [3.63, 3.8) is 0 Å². The first-order valence-corrected chi connectivity index (χ1v) is 7.92. The number of hydrogen-bond donors (Lipinski definition) is 3. The minimum Gasteiger partial charge on any atom is -0.385 e. The number of amides is 2. The molecule has 2 aromatic rings. The van der Waals surface area contributed by atoms with Gasteiger partial charge in [-0.25, -0.2) is 4.79 Å². The first-order valence-electron chi connectivity index (χ1n) is 7.92. The van der Waals surface area contributed by atoms with E-state index in [2.05, 4.69) is 28.0 Å².